The average Bonchev–Trinajstić information content (AvgIpc) is 2.79. The highest BCUT2D eigenvalue weighted by Crippen LogP contribution is 2.32. The molecule has 21 heavy (non-hydrogen) atoms. The predicted octanol–water partition coefficient (Wildman–Crippen LogP) is 4.64. The minimum Gasteiger partial charge on any atom is -0.268 e. The van der Waals surface area contributed by atoms with E-state index in [1.54, 1.807) is 24.7 Å². The van der Waals surface area contributed by atoms with Gasteiger partial charge in [0.25, 0.3) is 0 Å². The van der Waals surface area contributed by atoms with E-state index in [2.05, 4.69) is 5.10 Å². The van der Waals surface area contributed by atoms with Gasteiger partial charge in [-0.05, 0) is 35.2 Å². The molecule has 2 nitrogen and oxygen atoms in total. The quantitative estimate of drug-likeness (QED) is 0.671. The summed E-state index contributed by atoms with van der Waals surface area (Å²) in [4.78, 5) is 0. The zero-order valence-corrected chi connectivity index (χ0v) is 12.2. The Bertz CT molecular complexity index is 796. The van der Waals surface area contributed by atoms with E-state index >= 15 is 0 Å². The fraction of sp³-hybridized carbons (Fsp3) is 0.235. The molecule has 0 aliphatic rings. The number of fused-ring (bicyclic) bond motifs is 1. The number of rotatable bonds is 2. The van der Waals surface area contributed by atoms with Gasteiger partial charge in [0, 0.05) is 18.0 Å². The average molecular weight is 286 g/mol. The topological polar surface area (TPSA) is 17.8 Å². The van der Waals surface area contributed by atoms with E-state index in [-0.39, 0.29) is 11.5 Å². The van der Waals surface area contributed by atoms with Gasteiger partial charge < -0.3 is 0 Å². The first-order valence-corrected chi connectivity index (χ1v) is 6.89. The molecule has 3 rings (SSSR count). The standard InChI is InChI=1S/C17H16F2N2/c1-10(2)17-14(18)7-11(8-15(17)19)12-5-4-6-16-13(12)9-20-21(16)3/h4-10H,1-3H3. The summed E-state index contributed by atoms with van der Waals surface area (Å²) in [6.45, 7) is 3.56. The number of benzene rings is 2. The Morgan fingerprint density at radius 2 is 1.76 bits per heavy atom. The summed E-state index contributed by atoms with van der Waals surface area (Å²) in [7, 11) is 1.84. The molecule has 0 bridgehead atoms. The van der Waals surface area contributed by atoms with Crippen LogP contribution in [0.15, 0.2) is 36.5 Å². The van der Waals surface area contributed by atoms with Gasteiger partial charge in [-0.3, -0.25) is 4.68 Å². The second kappa shape index (κ2) is 4.95. The van der Waals surface area contributed by atoms with Crippen LogP contribution in [-0.4, -0.2) is 9.78 Å². The van der Waals surface area contributed by atoms with Gasteiger partial charge in [0.05, 0.1) is 11.7 Å². The molecule has 1 heterocycles. The van der Waals surface area contributed by atoms with E-state index in [1.165, 1.54) is 12.1 Å². The van der Waals surface area contributed by atoms with Gasteiger partial charge in [0.2, 0.25) is 0 Å². The highest BCUT2D eigenvalue weighted by atomic mass is 19.1. The number of aryl methyl sites for hydroxylation is 1. The lowest BCUT2D eigenvalue weighted by Crippen LogP contribution is -1.99. The summed E-state index contributed by atoms with van der Waals surface area (Å²) in [6.07, 6.45) is 1.72. The maximum Gasteiger partial charge on any atom is 0.130 e. The maximum absolute atomic E-state index is 14.2. The molecule has 0 unspecified atom stereocenters. The smallest absolute Gasteiger partial charge is 0.130 e. The first-order chi connectivity index (χ1) is 9.99. The largest absolute Gasteiger partial charge is 0.268 e. The highest BCUT2D eigenvalue weighted by molar-refractivity contribution is 5.94. The summed E-state index contributed by atoms with van der Waals surface area (Å²) in [6, 6.07) is 8.46. The van der Waals surface area contributed by atoms with Crippen molar-refractivity contribution < 1.29 is 8.78 Å². The van der Waals surface area contributed by atoms with Crippen molar-refractivity contribution in [3.8, 4) is 11.1 Å². The Morgan fingerprint density at radius 3 is 2.38 bits per heavy atom. The normalized spacial score (nSPS) is 11.5. The molecule has 0 aliphatic heterocycles. The van der Waals surface area contributed by atoms with Gasteiger partial charge >= 0.3 is 0 Å². The van der Waals surface area contributed by atoms with E-state index in [0.717, 1.165) is 16.5 Å². The zero-order chi connectivity index (χ0) is 15.1. The Hall–Kier alpha value is -2.23. The number of hydrogen-bond acceptors (Lipinski definition) is 1. The summed E-state index contributed by atoms with van der Waals surface area (Å²) >= 11 is 0. The van der Waals surface area contributed by atoms with Crippen molar-refractivity contribution in [3.05, 3.63) is 53.7 Å². The Labute approximate surface area is 122 Å². The molecule has 108 valence electrons. The van der Waals surface area contributed by atoms with E-state index in [0.29, 0.717) is 5.56 Å². The predicted molar refractivity (Wildman–Crippen MR) is 80.2 cm³/mol. The van der Waals surface area contributed by atoms with Crippen molar-refractivity contribution >= 4 is 10.9 Å². The summed E-state index contributed by atoms with van der Waals surface area (Å²) < 4.78 is 30.1. The Morgan fingerprint density at radius 1 is 1.10 bits per heavy atom. The summed E-state index contributed by atoms with van der Waals surface area (Å²) in [5.41, 5.74) is 2.39. The van der Waals surface area contributed by atoms with Crippen LogP contribution >= 0.6 is 0 Å². The van der Waals surface area contributed by atoms with Gasteiger partial charge in [0.15, 0.2) is 0 Å². The van der Waals surface area contributed by atoms with Crippen LogP contribution in [0.4, 0.5) is 8.78 Å². The van der Waals surface area contributed by atoms with Gasteiger partial charge in [0.1, 0.15) is 11.6 Å². The van der Waals surface area contributed by atoms with Crippen LogP contribution in [0.25, 0.3) is 22.0 Å². The van der Waals surface area contributed by atoms with Crippen molar-refractivity contribution in [2.45, 2.75) is 19.8 Å². The van der Waals surface area contributed by atoms with Crippen LogP contribution in [0, 0.1) is 11.6 Å². The van der Waals surface area contributed by atoms with Crippen LogP contribution in [-0.2, 0) is 7.05 Å². The third kappa shape index (κ3) is 2.20. The van der Waals surface area contributed by atoms with Crippen molar-refractivity contribution in [2.24, 2.45) is 7.05 Å². The molecule has 0 aliphatic carbocycles. The van der Waals surface area contributed by atoms with E-state index in [9.17, 15) is 8.78 Å². The van der Waals surface area contributed by atoms with Crippen molar-refractivity contribution in [3.63, 3.8) is 0 Å². The molecule has 4 heteroatoms. The number of hydrogen-bond donors (Lipinski definition) is 0. The minimum atomic E-state index is -0.499. The zero-order valence-electron chi connectivity index (χ0n) is 12.2. The second-order valence-corrected chi connectivity index (χ2v) is 5.51. The maximum atomic E-state index is 14.2. The van der Waals surface area contributed by atoms with Gasteiger partial charge in [-0.1, -0.05) is 26.0 Å². The molecule has 0 atom stereocenters. The van der Waals surface area contributed by atoms with E-state index in [4.69, 9.17) is 0 Å². The fourth-order valence-electron chi connectivity index (χ4n) is 2.72. The van der Waals surface area contributed by atoms with Crippen molar-refractivity contribution in [1.29, 1.82) is 0 Å². The third-order valence-electron chi connectivity index (χ3n) is 3.76. The molecular weight excluding hydrogens is 270 g/mol. The van der Waals surface area contributed by atoms with Crippen LogP contribution < -0.4 is 0 Å². The second-order valence-electron chi connectivity index (χ2n) is 5.51. The van der Waals surface area contributed by atoms with Gasteiger partial charge in [-0.25, -0.2) is 8.78 Å². The summed E-state index contributed by atoms with van der Waals surface area (Å²) in [5, 5.41) is 5.09. The Kier molecular flexibility index (Phi) is 3.24. The number of aromatic nitrogens is 2. The van der Waals surface area contributed by atoms with Crippen molar-refractivity contribution in [1.82, 2.24) is 9.78 Å². The van der Waals surface area contributed by atoms with E-state index in [1.807, 2.05) is 25.2 Å². The summed E-state index contributed by atoms with van der Waals surface area (Å²) in [5.74, 6) is -1.19. The Balaban J connectivity index is 2.24. The van der Waals surface area contributed by atoms with Crippen LogP contribution in [0.2, 0.25) is 0 Å². The molecule has 0 spiro atoms. The van der Waals surface area contributed by atoms with Crippen LogP contribution in [0.5, 0.6) is 0 Å². The monoisotopic (exact) mass is 286 g/mol. The first kappa shape index (κ1) is 13.7. The molecule has 0 radical (unpaired) electrons. The lowest BCUT2D eigenvalue weighted by Gasteiger charge is -2.11. The molecular formula is C17H16F2N2. The first-order valence-electron chi connectivity index (χ1n) is 6.89. The van der Waals surface area contributed by atoms with Crippen molar-refractivity contribution in [2.75, 3.05) is 0 Å². The molecule has 3 aromatic rings. The molecule has 0 N–H and O–H groups in total. The molecule has 0 saturated carbocycles. The highest BCUT2D eigenvalue weighted by Gasteiger charge is 2.16. The minimum absolute atomic E-state index is 0.136. The number of nitrogens with zero attached hydrogens (tertiary/aromatic N) is 2. The van der Waals surface area contributed by atoms with E-state index < -0.39 is 11.6 Å². The third-order valence-corrected chi connectivity index (χ3v) is 3.76. The molecule has 0 fully saturated rings. The van der Waals surface area contributed by atoms with Gasteiger partial charge in [-0.15, -0.1) is 0 Å². The molecule has 0 amide bonds. The van der Waals surface area contributed by atoms with Crippen LogP contribution in [0.1, 0.15) is 25.3 Å². The molecule has 1 aromatic heterocycles. The SMILES string of the molecule is CC(C)c1c(F)cc(-c2cccc3c2cnn3C)cc1F. The number of halogens is 2. The fourth-order valence-corrected chi connectivity index (χ4v) is 2.72. The lowest BCUT2D eigenvalue weighted by atomic mass is 9.96. The lowest BCUT2D eigenvalue weighted by molar-refractivity contribution is 0.542. The van der Waals surface area contributed by atoms with Gasteiger partial charge in [-0.2, -0.15) is 5.10 Å². The molecule has 2 aromatic carbocycles. The molecule has 0 saturated heterocycles. The van der Waals surface area contributed by atoms with Crippen LogP contribution in [0.3, 0.4) is 0 Å².